The van der Waals surface area contributed by atoms with Gasteiger partial charge in [-0.25, -0.2) is 4.68 Å². The summed E-state index contributed by atoms with van der Waals surface area (Å²) in [6.07, 6.45) is 4.33. The first kappa shape index (κ1) is 17.0. The van der Waals surface area contributed by atoms with Crippen LogP contribution in [0, 0.1) is 5.92 Å². The SMILES string of the molecule is COc1cn(-c2ccccc2)nc1C(=O)N[C@H]1CCC[C@@H](C(=O)O)C1. The number of carboxylic acids is 1. The lowest BCUT2D eigenvalue weighted by molar-refractivity contribution is -0.143. The van der Waals surface area contributed by atoms with E-state index in [1.54, 1.807) is 10.9 Å². The van der Waals surface area contributed by atoms with Gasteiger partial charge < -0.3 is 15.2 Å². The second-order valence-corrected chi connectivity index (χ2v) is 6.20. The summed E-state index contributed by atoms with van der Waals surface area (Å²) in [6, 6.07) is 9.28. The summed E-state index contributed by atoms with van der Waals surface area (Å²) >= 11 is 0. The molecule has 1 aromatic heterocycles. The quantitative estimate of drug-likeness (QED) is 0.868. The highest BCUT2D eigenvalue weighted by molar-refractivity contribution is 5.95. The Labute approximate surface area is 145 Å². The normalized spacial score (nSPS) is 20.0. The predicted molar refractivity (Wildman–Crippen MR) is 91.0 cm³/mol. The lowest BCUT2D eigenvalue weighted by Crippen LogP contribution is -2.40. The first-order chi connectivity index (χ1) is 12.1. The van der Waals surface area contributed by atoms with Crippen molar-refractivity contribution in [2.75, 3.05) is 7.11 Å². The highest BCUT2D eigenvalue weighted by Gasteiger charge is 2.29. The Balaban J connectivity index is 1.75. The number of carboxylic acid groups (broad SMARTS) is 1. The summed E-state index contributed by atoms with van der Waals surface area (Å²) in [5, 5.41) is 16.4. The number of carbonyl (C=O) groups excluding carboxylic acids is 1. The summed E-state index contributed by atoms with van der Waals surface area (Å²) in [5.74, 6) is -1.16. The fourth-order valence-electron chi connectivity index (χ4n) is 3.18. The second-order valence-electron chi connectivity index (χ2n) is 6.20. The molecule has 132 valence electrons. The first-order valence-electron chi connectivity index (χ1n) is 8.31. The zero-order chi connectivity index (χ0) is 17.8. The molecule has 1 heterocycles. The van der Waals surface area contributed by atoms with Crippen LogP contribution in [0.1, 0.15) is 36.2 Å². The van der Waals surface area contributed by atoms with E-state index < -0.39 is 11.9 Å². The van der Waals surface area contributed by atoms with Crippen molar-refractivity contribution in [2.45, 2.75) is 31.7 Å². The van der Waals surface area contributed by atoms with Crippen molar-refractivity contribution in [3.8, 4) is 11.4 Å². The van der Waals surface area contributed by atoms with Gasteiger partial charge in [-0.1, -0.05) is 24.6 Å². The molecule has 0 bridgehead atoms. The van der Waals surface area contributed by atoms with Crippen LogP contribution in [0.25, 0.3) is 5.69 Å². The van der Waals surface area contributed by atoms with E-state index in [9.17, 15) is 14.7 Å². The number of hydrogen-bond acceptors (Lipinski definition) is 4. The summed E-state index contributed by atoms with van der Waals surface area (Å²) in [4.78, 5) is 23.8. The average molecular weight is 343 g/mol. The molecule has 1 saturated carbocycles. The zero-order valence-corrected chi connectivity index (χ0v) is 14.0. The van der Waals surface area contributed by atoms with Crippen LogP contribution in [-0.4, -0.2) is 39.9 Å². The molecule has 2 aromatic rings. The Hall–Kier alpha value is -2.83. The second kappa shape index (κ2) is 7.38. The van der Waals surface area contributed by atoms with E-state index >= 15 is 0 Å². The number of rotatable bonds is 5. The molecular formula is C18H21N3O4. The number of nitrogens with one attached hydrogen (secondary N) is 1. The Bertz CT molecular complexity index is 757. The largest absolute Gasteiger partial charge is 0.493 e. The number of nitrogens with zero attached hydrogens (tertiary/aromatic N) is 2. The smallest absolute Gasteiger partial charge is 0.306 e. The van der Waals surface area contributed by atoms with Gasteiger partial charge in [0, 0.05) is 6.04 Å². The summed E-state index contributed by atoms with van der Waals surface area (Å²) < 4.78 is 6.87. The number of para-hydroxylation sites is 1. The molecule has 0 radical (unpaired) electrons. The molecule has 0 saturated heterocycles. The minimum Gasteiger partial charge on any atom is -0.493 e. The summed E-state index contributed by atoms with van der Waals surface area (Å²) in [6.45, 7) is 0. The molecular weight excluding hydrogens is 322 g/mol. The minimum atomic E-state index is -0.801. The van der Waals surface area contributed by atoms with Gasteiger partial charge in [0.2, 0.25) is 0 Å². The van der Waals surface area contributed by atoms with Crippen LogP contribution < -0.4 is 10.1 Å². The van der Waals surface area contributed by atoms with Crippen LogP contribution in [0.5, 0.6) is 5.75 Å². The van der Waals surface area contributed by atoms with Crippen LogP contribution in [0.15, 0.2) is 36.5 Å². The highest BCUT2D eigenvalue weighted by Crippen LogP contribution is 2.25. The van der Waals surface area contributed by atoms with Gasteiger partial charge in [-0.3, -0.25) is 9.59 Å². The van der Waals surface area contributed by atoms with E-state index in [2.05, 4.69) is 10.4 Å². The van der Waals surface area contributed by atoms with Crippen molar-refractivity contribution >= 4 is 11.9 Å². The molecule has 1 amide bonds. The third kappa shape index (κ3) is 3.81. The van der Waals surface area contributed by atoms with E-state index in [4.69, 9.17) is 4.74 Å². The minimum absolute atomic E-state index is 0.158. The number of methoxy groups -OCH3 is 1. The van der Waals surface area contributed by atoms with Crippen molar-refractivity contribution in [3.05, 3.63) is 42.2 Å². The Morgan fingerprint density at radius 1 is 1.28 bits per heavy atom. The molecule has 0 unspecified atom stereocenters. The van der Waals surface area contributed by atoms with Gasteiger partial charge in [-0.05, 0) is 31.4 Å². The van der Waals surface area contributed by atoms with Crippen molar-refractivity contribution < 1.29 is 19.4 Å². The predicted octanol–water partition coefficient (Wildman–Crippen LogP) is 2.25. The third-order valence-corrected chi connectivity index (χ3v) is 4.50. The molecule has 25 heavy (non-hydrogen) atoms. The number of benzene rings is 1. The monoisotopic (exact) mass is 343 g/mol. The molecule has 2 N–H and O–H groups in total. The van der Waals surface area contributed by atoms with Gasteiger partial charge in [0.1, 0.15) is 0 Å². The van der Waals surface area contributed by atoms with Crippen LogP contribution in [0.4, 0.5) is 0 Å². The Kier molecular flexibility index (Phi) is 5.02. The van der Waals surface area contributed by atoms with Crippen LogP contribution >= 0.6 is 0 Å². The van der Waals surface area contributed by atoms with E-state index in [1.807, 2.05) is 30.3 Å². The molecule has 1 aliphatic rings. The lowest BCUT2D eigenvalue weighted by atomic mass is 9.86. The number of aliphatic carboxylic acids is 1. The number of aromatic nitrogens is 2. The lowest BCUT2D eigenvalue weighted by Gasteiger charge is -2.27. The standard InChI is InChI=1S/C18H21N3O4/c1-25-15-11-21(14-8-3-2-4-9-14)20-16(15)17(22)19-13-7-5-6-12(10-13)18(23)24/h2-4,8-9,11-13H,5-7,10H2,1H3,(H,19,22)(H,23,24)/t12-,13+/m1/s1. The van der Waals surface area contributed by atoms with Gasteiger partial charge in [0.15, 0.2) is 11.4 Å². The van der Waals surface area contributed by atoms with E-state index in [-0.39, 0.29) is 17.6 Å². The van der Waals surface area contributed by atoms with Crippen LogP contribution in [0.2, 0.25) is 0 Å². The van der Waals surface area contributed by atoms with Gasteiger partial charge in [0.05, 0.1) is 24.9 Å². The molecule has 3 rings (SSSR count). The van der Waals surface area contributed by atoms with Gasteiger partial charge in [-0.2, -0.15) is 5.10 Å². The van der Waals surface area contributed by atoms with Crippen LogP contribution in [0.3, 0.4) is 0 Å². The number of ether oxygens (including phenoxy) is 1. The van der Waals surface area contributed by atoms with Crippen molar-refractivity contribution in [2.24, 2.45) is 5.92 Å². The molecule has 7 heteroatoms. The molecule has 0 spiro atoms. The first-order valence-corrected chi connectivity index (χ1v) is 8.31. The van der Waals surface area contributed by atoms with Crippen molar-refractivity contribution in [3.63, 3.8) is 0 Å². The zero-order valence-electron chi connectivity index (χ0n) is 14.0. The summed E-state index contributed by atoms with van der Waals surface area (Å²) in [7, 11) is 1.49. The van der Waals surface area contributed by atoms with E-state index in [0.717, 1.165) is 18.5 Å². The molecule has 1 fully saturated rings. The van der Waals surface area contributed by atoms with Crippen molar-refractivity contribution in [1.82, 2.24) is 15.1 Å². The number of hydrogen-bond donors (Lipinski definition) is 2. The number of amides is 1. The fraction of sp³-hybridized carbons (Fsp3) is 0.389. The molecule has 7 nitrogen and oxygen atoms in total. The van der Waals surface area contributed by atoms with E-state index in [1.165, 1.54) is 7.11 Å². The van der Waals surface area contributed by atoms with Gasteiger partial charge >= 0.3 is 5.97 Å². The number of carbonyl (C=O) groups is 2. The Morgan fingerprint density at radius 3 is 2.72 bits per heavy atom. The maximum absolute atomic E-state index is 12.6. The molecule has 1 aromatic carbocycles. The summed E-state index contributed by atoms with van der Waals surface area (Å²) in [5.41, 5.74) is 1.02. The average Bonchev–Trinajstić information content (AvgIpc) is 3.07. The van der Waals surface area contributed by atoms with Gasteiger partial charge in [-0.15, -0.1) is 0 Å². The molecule has 2 atom stereocenters. The molecule has 0 aliphatic heterocycles. The maximum atomic E-state index is 12.6. The van der Waals surface area contributed by atoms with Crippen LogP contribution in [-0.2, 0) is 4.79 Å². The topological polar surface area (TPSA) is 93.5 Å². The maximum Gasteiger partial charge on any atom is 0.306 e. The van der Waals surface area contributed by atoms with E-state index in [0.29, 0.717) is 18.6 Å². The van der Waals surface area contributed by atoms with Crippen molar-refractivity contribution in [1.29, 1.82) is 0 Å². The highest BCUT2D eigenvalue weighted by atomic mass is 16.5. The Morgan fingerprint density at radius 2 is 2.04 bits per heavy atom. The van der Waals surface area contributed by atoms with Gasteiger partial charge in [0.25, 0.3) is 5.91 Å². The third-order valence-electron chi connectivity index (χ3n) is 4.50. The molecule has 1 aliphatic carbocycles. The fourth-order valence-corrected chi connectivity index (χ4v) is 3.18.